The number of hydrogen-bond acceptors (Lipinski definition) is 2. The lowest BCUT2D eigenvalue weighted by Gasteiger charge is -2.28. The van der Waals surface area contributed by atoms with E-state index in [1.165, 1.54) is 28.6 Å². The van der Waals surface area contributed by atoms with E-state index in [0.29, 0.717) is 12.2 Å². The number of ether oxygens (including phenoxy) is 1. The molecular weight excluding hydrogens is 375 g/mol. The largest absolute Gasteiger partial charge is 0.369 e. The van der Waals surface area contributed by atoms with Crippen LogP contribution in [0.4, 0.5) is 0 Å². The Morgan fingerprint density at radius 1 is 1.57 bits per heavy atom. The van der Waals surface area contributed by atoms with Gasteiger partial charge >= 0.3 is 0 Å². The summed E-state index contributed by atoms with van der Waals surface area (Å²) in [5.41, 5.74) is 0. The minimum absolute atomic E-state index is 0.347. The van der Waals surface area contributed by atoms with Crippen LogP contribution in [0.25, 0.3) is 0 Å². The molecule has 0 spiro atoms. The molecule has 0 radical (unpaired) electrons. The van der Waals surface area contributed by atoms with Crippen LogP contribution < -0.4 is 0 Å². The predicted octanol–water partition coefficient (Wildman–Crippen LogP) is 4.56. The van der Waals surface area contributed by atoms with E-state index in [2.05, 4.69) is 50.0 Å². The van der Waals surface area contributed by atoms with Crippen molar-refractivity contribution in [3.63, 3.8) is 0 Å². The molecule has 0 saturated carbocycles. The van der Waals surface area contributed by atoms with Crippen molar-refractivity contribution in [2.75, 3.05) is 4.43 Å². The summed E-state index contributed by atoms with van der Waals surface area (Å²) in [6, 6.07) is 2.19. The van der Waals surface area contributed by atoms with Crippen LogP contribution in [0.15, 0.2) is 15.9 Å². The lowest BCUT2D eigenvalue weighted by Crippen LogP contribution is -2.22. The van der Waals surface area contributed by atoms with Gasteiger partial charge < -0.3 is 4.74 Å². The van der Waals surface area contributed by atoms with E-state index in [4.69, 9.17) is 4.74 Å². The van der Waals surface area contributed by atoms with Crippen molar-refractivity contribution in [1.82, 2.24) is 0 Å². The summed E-state index contributed by atoms with van der Waals surface area (Å²) in [5, 5.41) is 2.13. The number of halogens is 2. The highest BCUT2D eigenvalue weighted by Crippen LogP contribution is 2.36. The molecule has 2 rings (SSSR count). The fraction of sp³-hybridized carbons (Fsp3) is 0.600. The first-order chi connectivity index (χ1) is 6.79. The molecule has 1 fully saturated rings. The Balaban J connectivity index is 2.04. The fourth-order valence-corrected chi connectivity index (χ4v) is 3.88. The summed E-state index contributed by atoms with van der Waals surface area (Å²) in [5.74, 6) is 0. The van der Waals surface area contributed by atoms with Crippen molar-refractivity contribution in [2.24, 2.45) is 0 Å². The van der Waals surface area contributed by atoms with Gasteiger partial charge in [-0.05, 0) is 41.3 Å². The Bertz CT molecular complexity index is 302. The average Bonchev–Trinajstić information content (AvgIpc) is 2.65. The molecule has 0 N–H and O–H groups in total. The van der Waals surface area contributed by atoms with Crippen LogP contribution in [-0.4, -0.2) is 10.5 Å². The lowest BCUT2D eigenvalue weighted by atomic mass is 10.0. The van der Waals surface area contributed by atoms with Gasteiger partial charge in [-0.2, -0.15) is 0 Å². The van der Waals surface area contributed by atoms with Crippen LogP contribution in [0.3, 0.4) is 0 Å². The molecule has 0 aromatic carbocycles. The highest BCUT2D eigenvalue weighted by Gasteiger charge is 2.23. The smallest absolute Gasteiger partial charge is 0.0921 e. The summed E-state index contributed by atoms with van der Waals surface area (Å²) in [6.45, 7) is 0. The Morgan fingerprint density at radius 3 is 3.07 bits per heavy atom. The molecule has 1 nitrogen and oxygen atoms in total. The Kier molecular flexibility index (Phi) is 4.28. The van der Waals surface area contributed by atoms with E-state index in [1.54, 1.807) is 11.3 Å². The molecule has 14 heavy (non-hydrogen) atoms. The standard InChI is InChI=1S/C10H12BrIOS/c11-7-4-10(14-6-7)9-3-1-2-8(5-12)13-9/h4,6,8-9H,1-3,5H2. The Hall–Kier alpha value is 0.870. The van der Waals surface area contributed by atoms with E-state index >= 15 is 0 Å². The van der Waals surface area contributed by atoms with Gasteiger partial charge in [-0.15, -0.1) is 11.3 Å². The van der Waals surface area contributed by atoms with Crippen LogP contribution >= 0.6 is 49.9 Å². The molecule has 1 aromatic heterocycles. The van der Waals surface area contributed by atoms with Crippen molar-refractivity contribution in [3.8, 4) is 0 Å². The molecule has 2 unspecified atom stereocenters. The molecule has 1 aromatic rings. The van der Waals surface area contributed by atoms with Crippen molar-refractivity contribution in [3.05, 3.63) is 20.8 Å². The summed E-state index contributed by atoms with van der Waals surface area (Å²) >= 11 is 7.69. The summed E-state index contributed by atoms with van der Waals surface area (Å²) in [4.78, 5) is 1.37. The van der Waals surface area contributed by atoms with E-state index < -0.39 is 0 Å². The molecule has 1 aliphatic rings. The Morgan fingerprint density at radius 2 is 2.43 bits per heavy atom. The van der Waals surface area contributed by atoms with Gasteiger partial charge in [0.1, 0.15) is 0 Å². The number of hydrogen-bond donors (Lipinski definition) is 0. The molecule has 0 aliphatic carbocycles. The van der Waals surface area contributed by atoms with E-state index in [-0.39, 0.29) is 0 Å². The van der Waals surface area contributed by atoms with Gasteiger partial charge in [0.15, 0.2) is 0 Å². The quantitative estimate of drug-likeness (QED) is 0.535. The van der Waals surface area contributed by atoms with Gasteiger partial charge in [0.25, 0.3) is 0 Å². The van der Waals surface area contributed by atoms with Crippen molar-refractivity contribution in [1.29, 1.82) is 0 Å². The fourth-order valence-electron chi connectivity index (χ4n) is 1.72. The zero-order chi connectivity index (χ0) is 9.97. The van der Waals surface area contributed by atoms with Crippen LogP contribution in [-0.2, 0) is 4.74 Å². The zero-order valence-corrected chi connectivity index (χ0v) is 12.3. The molecule has 4 heteroatoms. The van der Waals surface area contributed by atoms with Crippen LogP contribution in [0.2, 0.25) is 0 Å². The molecule has 78 valence electrons. The second-order valence-electron chi connectivity index (χ2n) is 3.50. The van der Waals surface area contributed by atoms with Crippen molar-refractivity contribution >= 4 is 49.9 Å². The normalized spacial score (nSPS) is 27.9. The number of rotatable bonds is 2. The van der Waals surface area contributed by atoms with Gasteiger partial charge in [0.05, 0.1) is 12.2 Å². The lowest BCUT2D eigenvalue weighted by molar-refractivity contribution is -0.0356. The summed E-state index contributed by atoms with van der Waals surface area (Å²) < 4.78 is 8.31. The second-order valence-corrected chi connectivity index (χ2v) is 6.24. The molecule has 0 bridgehead atoms. The van der Waals surface area contributed by atoms with E-state index in [0.717, 1.165) is 4.43 Å². The number of alkyl halides is 1. The summed E-state index contributed by atoms with van der Waals surface area (Å²) in [7, 11) is 0. The maximum Gasteiger partial charge on any atom is 0.0921 e. The monoisotopic (exact) mass is 386 g/mol. The third-order valence-corrected chi connectivity index (χ3v) is 5.19. The van der Waals surface area contributed by atoms with Gasteiger partial charge in [0.2, 0.25) is 0 Å². The van der Waals surface area contributed by atoms with Crippen LogP contribution in [0.5, 0.6) is 0 Å². The van der Waals surface area contributed by atoms with Crippen LogP contribution in [0.1, 0.15) is 30.2 Å². The van der Waals surface area contributed by atoms with Gasteiger partial charge in [-0.1, -0.05) is 22.6 Å². The van der Waals surface area contributed by atoms with E-state index in [9.17, 15) is 0 Å². The average molecular weight is 387 g/mol. The van der Waals surface area contributed by atoms with Crippen molar-refractivity contribution in [2.45, 2.75) is 31.5 Å². The van der Waals surface area contributed by atoms with Crippen molar-refractivity contribution < 1.29 is 4.74 Å². The van der Waals surface area contributed by atoms with Crippen LogP contribution in [0, 0.1) is 0 Å². The molecule has 2 atom stereocenters. The molecule has 2 heterocycles. The maximum atomic E-state index is 6.02. The molecule has 1 saturated heterocycles. The zero-order valence-electron chi connectivity index (χ0n) is 7.71. The topological polar surface area (TPSA) is 9.23 Å². The highest BCUT2D eigenvalue weighted by atomic mass is 127. The molecule has 1 aliphatic heterocycles. The molecular formula is C10H12BrIOS. The van der Waals surface area contributed by atoms with Gasteiger partial charge in [-0.3, -0.25) is 0 Å². The second kappa shape index (κ2) is 5.27. The first-order valence-corrected chi connectivity index (χ1v) is 7.95. The Labute approximate surface area is 110 Å². The number of thiophene rings is 1. The first kappa shape index (κ1) is 11.4. The summed E-state index contributed by atoms with van der Waals surface area (Å²) in [6.07, 6.45) is 4.52. The maximum absolute atomic E-state index is 6.02. The highest BCUT2D eigenvalue weighted by molar-refractivity contribution is 14.1. The SMILES string of the molecule is Brc1csc(C2CCCC(CI)O2)c1. The predicted molar refractivity (Wildman–Crippen MR) is 72.4 cm³/mol. The minimum Gasteiger partial charge on any atom is -0.369 e. The van der Waals surface area contributed by atoms with Gasteiger partial charge in [0, 0.05) is 19.2 Å². The third kappa shape index (κ3) is 2.71. The third-order valence-electron chi connectivity index (χ3n) is 2.43. The van der Waals surface area contributed by atoms with Gasteiger partial charge in [-0.25, -0.2) is 0 Å². The molecule has 0 amide bonds. The first-order valence-electron chi connectivity index (χ1n) is 4.75. The van der Waals surface area contributed by atoms with E-state index in [1.807, 2.05) is 0 Å². The minimum atomic E-state index is 0.347.